The van der Waals surface area contributed by atoms with Crippen LogP contribution < -0.4 is 10.6 Å². The van der Waals surface area contributed by atoms with Gasteiger partial charge in [-0.1, -0.05) is 24.3 Å². The molecular weight excluding hydrogens is 379 g/mol. The molecule has 1 aliphatic heterocycles. The molecule has 9 heteroatoms. The van der Waals surface area contributed by atoms with Crippen molar-refractivity contribution < 1.29 is 22.8 Å². The summed E-state index contributed by atoms with van der Waals surface area (Å²) in [6, 6.07) is 12.0. The van der Waals surface area contributed by atoms with Gasteiger partial charge in [-0.05, 0) is 30.3 Å². The number of alkyl halides is 3. The van der Waals surface area contributed by atoms with Crippen LogP contribution in [0.25, 0.3) is 0 Å². The van der Waals surface area contributed by atoms with Crippen LogP contribution in [0.2, 0.25) is 0 Å². The number of amides is 3. The van der Waals surface area contributed by atoms with Gasteiger partial charge in [-0.25, -0.2) is 4.79 Å². The molecule has 5 nitrogen and oxygen atoms in total. The molecule has 0 bridgehead atoms. The maximum Gasteiger partial charge on any atom is 0.416 e. The molecule has 0 aliphatic carbocycles. The van der Waals surface area contributed by atoms with Gasteiger partial charge in [0.05, 0.1) is 11.4 Å². The third-order valence-corrected chi connectivity index (χ3v) is 4.94. The van der Waals surface area contributed by atoms with E-state index in [9.17, 15) is 22.8 Å². The molecule has 1 saturated heterocycles. The molecule has 1 unspecified atom stereocenters. The molecule has 2 aromatic rings. The Balaban J connectivity index is 1.68. The van der Waals surface area contributed by atoms with Crippen molar-refractivity contribution in [2.24, 2.45) is 0 Å². The fourth-order valence-electron chi connectivity index (χ4n) is 2.58. The molecular formula is C18H16F3N3O2S. The first-order valence-electron chi connectivity index (χ1n) is 8.03. The number of para-hydroxylation sites is 1. The van der Waals surface area contributed by atoms with E-state index in [-0.39, 0.29) is 5.69 Å². The summed E-state index contributed by atoms with van der Waals surface area (Å²) in [5.41, 5.74) is -0.216. The minimum atomic E-state index is -4.49. The van der Waals surface area contributed by atoms with Crippen LogP contribution in [-0.4, -0.2) is 34.5 Å². The molecule has 2 N–H and O–H groups in total. The highest BCUT2D eigenvalue weighted by Gasteiger charge is 2.35. The third-order valence-electron chi connectivity index (χ3n) is 3.93. The Kier molecular flexibility index (Phi) is 5.59. The lowest BCUT2D eigenvalue weighted by Crippen LogP contribution is -2.46. The molecule has 0 spiro atoms. The van der Waals surface area contributed by atoms with Crippen LogP contribution in [0.4, 0.5) is 29.3 Å². The summed E-state index contributed by atoms with van der Waals surface area (Å²) in [6.07, 6.45) is -4.49. The highest BCUT2D eigenvalue weighted by Crippen LogP contribution is 2.31. The number of hydrogen-bond donors (Lipinski definition) is 2. The van der Waals surface area contributed by atoms with Gasteiger partial charge in [0.1, 0.15) is 6.04 Å². The van der Waals surface area contributed by atoms with Crippen molar-refractivity contribution in [2.45, 2.75) is 12.2 Å². The summed E-state index contributed by atoms with van der Waals surface area (Å²) in [5, 5.41) is 5.18. The van der Waals surface area contributed by atoms with E-state index in [1.807, 2.05) is 6.07 Å². The van der Waals surface area contributed by atoms with E-state index in [1.54, 1.807) is 24.3 Å². The number of rotatable bonds is 3. The number of benzene rings is 2. The summed E-state index contributed by atoms with van der Waals surface area (Å²) in [7, 11) is 0. The summed E-state index contributed by atoms with van der Waals surface area (Å²) < 4.78 is 38.4. The Bertz CT molecular complexity index is 830. The molecule has 0 aromatic heterocycles. The van der Waals surface area contributed by atoms with Gasteiger partial charge in [-0.15, -0.1) is 11.8 Å². The normalized spacial score (nSPS) is 16.9. The van der Waals surface area contributed by atoms with Crippen molar-refractivity contribution in [3.8, 4) is 0 Å². The third kappa shape index (κ3) is 4.73. The number of thioether (sulfide) groups is 1. The lowest BCUT2D eigenvalue weighted by Gasteiger charge is -2.23. The van der Waals surface area contributed by atoms with Crippen molar-refractivity contribution in [1.29, 1.82) is 0 Å². The molecule has 1 fully saturated rings. The van der Waals surface area contributed by atoms with E-state index in [0.717, 1.165) is 12.1 Å². The molecule has 27 heavy (non-hydrogen) atoms. The van der Waals surface area contributed by atoms with Crippen LogP contribution in [0.5, 0.6) is 0 Å². The maximum absolute atomic E-state index is 12.8. The average molecular weight is 395 g/mol. The van der Waals surface area contributed by atoms with E-state index in [2.05, 4.69) is 10.6 Å². The molecule has 1 heterocycles. The molecule has 1 atom stereocenters. The van der Waals surface area contributed by atoms with Crippen molar-refractivity contribution in [3.05, 3.63) is 60.2 Å². The van der Waals surface area contributed by atoms with Gasteiger partial charge >= 0.3 is 12.2 Å². The fraction of sp³-hybridized carbons (Fsp3) is 0.222. The van der Waals surface area contributed by atoms with Gasteiger partial charge in [-0.3, -0.25) is 4.79 Å². The molecule has 3 rings (SSSR count). The second kappa shape index (κ2) is 7.91. The predicted octanol–water partition coefficient (Wildman–Crippen LogP) is 4.25. The van der Waals surface area contributed by atoms with E-state index in [0.29, 0.717) is 17.3 Å². The topological polar surface area (TPSA) is 61.4 Å². The van der Waals surface area contributed by atoms with Gasteiger partial charge in [0.15, 0.2) is 0 Å². The van der Waals surface area contributed by atoms with Crippen LogP contribution in [0.1, 0.15) is 5.56 Å². The van der Waals surface area contributed by atoms with Crippen LogP contribution in [0.15, 0.2) is 54.6 Å². The largest absolute Gasteiger partial charge is 0.416 e. The van der Waals surface area contributed by atoms with Gasteiger partial charge in [0, 0.05) is 17.1 Å². The van der Waals surface area contributed by atoms with Crippen LogP contribution in [0.3, 0.4) is 0 Å². The molecule has 142 valence electrons. The summed E-state index contributed by atoms with van der Waals surface area (Å²) >= 11 is 1.40. The van der Waals surface area contributed by atoms with Crippen molar-refractivity contribution >= 4 is 35.1 Å². The second-order valence-electron chi connectivity index (χ2n) is 5.85. The Morgan fingerprint density at radius 1 is 1.00 bits per heavy atom. The predicted molar refractivity (Wildman–Crippen MR) is 98.5 cm³/mol. The van der Waals surface area contributed by atoms with Gasteiger partial charge < -0.3 is 15.5 Å². The summed E-state index contributed by atoms with van der Waals surface area (Å²) in [6.45, 7) is 0. The van der Waals surface area contributed by atoms with Crippen LogP contribution >= 0.6 is 11.8 Å². The van der Waals surface area contributed by atoms with Gasteiger partial charge in [-0.2, -0.15) is 13.2 Å². The van der Waals surface area contributed by atoms with E-state index in [4.69, 9.17) is 0 Å². The highest BCUT2D eigenvalue weighted by atomic mass is 32.2. The number of urea groups is 1. The first-order valence-corrected chi connectivity index (χ1v) is 9.18. The van der Waals surface area contributed by atoms with E-state index in [1.165, 1.54) is 28.8 Å². The average Bonchev–Trinajstić information content (AvgIpc) is 3.12. The number of carbonyl (C=O) groups excluding carboxylic acids is 2. The fourth-order valence-corrected chi connectivity index (χ4v) is 3.73. The second-order valence-corrected chi connectivity index (χ2v) is 6.85. The van der Waals surface area contributed by atoms with Crippen LogP contribution in [-0.2, 0) is 11.0 Å². The minimum absolute atomic E-state index is 0.0372. The lowest BCUT2D eigenvalue weighted by atomic mass is 10.2. The van der Waals surface area contributed by atoms with E-state index < -0.39 is 29.7 Å². The maximum atomic E-state index is 12.8. The number of anilines is 2. The molecule has 0 radical (unpaired) electrons. The Morgan fingerprint density at radius 3 is 2.41 bits per heavy atom. The Morgan fingerprint density at radius 2 is 1.70 bits per heavy atom. The zero-order chi connectivity index (χ0) is 19.4. The zero-order valence-corrected chi connectivity index (χ0v) is 14.8. The number of nitrogens with one attached hydrogen (secondary N) is 2. The lowest BCUT2D eigenvalue weighted by molar-refractivity contribution is -0.137. The SMILES string of the molecule is O=C(Nc1cccc(C(F)(F)F)c1)C1CSCN1C(=O)Nc1ccccc1. The molecule has 3 amide bonds. The number of halogens is 3. The molecule has 1 aliphatic rings. The van der Waals surface area contributed by atoms with Crippen LogP contribution in [0, 0.1) is 0 Å². The summed E-state index contributed by atoms with van der Waals surface area (Å²) in [5.74, 6) is 0.161. The Labute approximate surface area is 157 Å². The summed E-state index contributed by atoms with van der Waals surface area (Å²) in [4.78, 5) is 26.3. The van der Waals surface area contributed by atoms with Crippen molar-refractivity contribution in [3.63, 3.8) is 0 Å². The monoisotopic (exact) mass is 395 g/mol. The standard InChI is InChI=1S/C18H16F3N3O2S/c19-18(20,21)12-5-4-8-14(9-12)22-16(25)15-10-27-11-24(15)17(26)23-13-6-2-1-3-7-13/h1-9,15H,10-11H2,(H,22,25)(H,23,26). The minimum Gasteiger partial charge on any atom is -0.324 e. The first kappa shape index (κ1) is 19.1. The van der Waals surface area contributed by atoms with Gasteiger partial charge in [0.2, 0.25) is 5.91 Å². The zero-order valence-electron chi connectivity index (χ0n) is 14.0. The smallest absolute Gasteiger partial charge is 0.324 e. The first-order chi connectivity index (χ1) is 12.8. The van der Waals surface area contributed by atoms with Crippen molar-refractivity contribution in [2.75, 3.05) is 22.3 Å². The Hall–Kier alpha value is -2.68. The van der Waals surface area contributed by atoms with E-state index >= 15 is 0 Å². The number of nitrogens with zero attached hydrogens (tertiary/aromatic N) is 1. The number of carbonyl (C=O) groups is 2. The van der Waals surface area contributed by atoms with Gasteiger partial charge in [0.25, 0.3) is 0 Å². The quantitative estimate of drug-likeness (QED) is 0.817. The van der Waals surface area contributed by atoms with Crippen molar-refractivity contribution in [1.82, 2.24) is 4.90 Å². The molecule has 0 saturated carbocycles. The molecule has 2 aromatic carbocycles. The highest BCUT2D eigenvalue weighted by molar-refractivity contribution is 7.99. The number of hydrogen-bond acceptors (Lipinski definition) is 3.